The Kier molecular flexibility index (Phi) is 5.16. The van der Waals surface area contributed by atoms with E-state index in [9.17, 15) is 14.7 Å². The zero-order chi connectivity index (χ0) is 20.5. The number of hydrogen-bond donors (Lipinski definition) is 1. The number of fused-ring (bicyclic) bond motifs is 1. The van der Waals surface area contributed by atoms with Crippen LogP contribution >= 0.6 is 11.8 Å². The minimum Gasteiger partial charge on any atom is -0.386 e. The summed E-state index contributed by atoms with van der Waals surface area (Å²) in [6, 6.07) is 7.56. The van der Waals surface area contributed by atoms with Crippen molar-refractivity contribution in [3.63, 3.8) is 0 Å². The molecule has 0 unspecified atom stereocenters. The minimum atomic E-state index is -0.775. The molecular weight excluding hydrogens is 394 g/mol. The standard InChI is InChI=1S/C18H19N7O3S/c1-11-3-5-12(6-4-11)13(26)7-25-21-14(20-22-25)8-24-10-19-17-16(18(24)28)23(2)15(27)9-29-17/h3-6,10,13,26H,7-9H2,1-2H3/t13-/m0/s1. The Balaban J connectivity index is 1.50. The Bertz CT molecular complexity index is 1110. The average molecular weight is 413 g/mol. The first-order valence-electron chi connectivity index (χ1n) is 8.92. The highest BCUT2D eigenvalue weighted by atomic mass is 32.2. The summed E-state index contributed by atoms with van der Waals surface area (Å²) in [6.07, 6.45) is 0.641. The molecule has 150 valence electrons. The molecule has 1 atom stereocenters. The van der Waals surface area contributed by atoms with Crippen molar-refractivity contribution in [2.24, 2.45) is 0 Å². The van der Waals surface area contributed by atoms with E-state index in [2.05, 4.69) is 20.4 Å². The Morgan fingerprint density at radius 1 is 1.24 bits per heavy atom. The second kappa shape index (κ2) is 7.76. The Hall–Kier alpha value is -3.05. The number of aliphatic hydroxyl groups is 1. The number of aromatic nitrogens is 6. The van der Waals surface area contributed by atoms with Crippen molar-refractivity contribution in [2.45, 2.75) is 31.1 Å². The predicted molar refractivity (Wildman–Crippen MR) is 106 cm³/mol. The fraction of sp³-hybridized carbons (Fsp3) is 0.333. The molecule has 1 aliphatic heterocycles. The predicted octanol–water partition coefficient (Wildman–Crippen LogP) is 0.389. The number of benzene rings is 1. The number of aliphatic hydroxyl groups excluding tert-OH is 1. The number of rotatable bonds is 5. The summed E-state index contributed by atoms with van der Waals surface area (Å²) in [5, 5.41) is 23.0. The zero-order valence-corrected chi connectivity index (χ0v) is 16.7. The van der Waals surface area contributed by atoms with Crippen molar-refractivity contribution < 1.29 is 9.90 Å². The van der Waals surface area contributed by atoms with Crippen LogP contribution in [0.2, 0.25) is 0 Å². The van der Waals surface area contributed by atoms with Crippen LogP contribution in [0.5, 0.6) is 0 Å². The van der Waals surface area contributed by atoms with Gasteiger partial charge in [-0.15, -0.1) is 10.2 Å². The first-order chi connectivity index (χ1) is 13.9. The molecule has 4 rings (SSSR count). The third-order valence-electron chi connectivity index (χ3n) is 4.63. The molecule has 0 fully saturated rings. The molecule has 29 heavy (non-hydrogen) atoms. The Morgan fingerprint density at radius 3 is 2.76 bits per heavy atom. The minimum absolute atomic E-state index is 0.0619. The van der Waals surface area contributed by atoms with Crippen LogP contribution in [0.3, 0.4) is 0 Å². The summed E-state index contributed by atoms with van der Waals surface area (Å²) < 4.78 is 1.34. The van der Waals surface area contributed by atoms with Gasteiger partial charge in [0.25, 0.3) is 5.56 Å². The fourth-order valence-corrected chi connectivity index (χ4v) is 3.87. The number of tetrazole rings is 1. The average Bonchev–Trinajstić information content (AvgIpc) is 3.14. The van der Waals surface area contributed by atoms with Crippen LogP contribution in [0, 0.1) is 6.92 Å². The van der Waals surface area contributed by atoms with Gasteiger partial charge in [-0.05, 0) is 17.7 Å². The van der Waals surface area contributed by atoms with Gasteiger partial charge in [-0.1, -0.05) is 41.6 Å². The van der Waals surface area contributed by atoms with Crippen LogP contribution in [0.1, 0.15) is 23.1 Å². The molecule has 11 heteroatoms. The molecule has 10 nitrogen and oxygen atoms in total. The maximum atomic E-state index is 12.8. The molecule has 1 aliphatic rings. The normalized spacial score (nSPS) is 14.7. The van der Waals surface area contributed by atoms with Crippen LogP contribution in [0.25, 0.3) is 0 Å². The highest BCUT2D eigenvalue weighted by molar-refractivity contribution is 8.00. The van der Waals surface area contributed by atoms with Crippen molar-refractivity contribution in [3.8, 4) is 0 Å². The van der Waals surface area contributed by atoms with Crippen LogP contribution in [-0.2, 0) is 17.9 Å². The molecule has 0 radical (unpaired) electrons. The van der Waals surface area contributed by atoms with E-state index >= 15 is 0 Å². The van der Waals surface area contributed by atoms with Crippen molar-refractivity contribution in [1.82, 2.24) is 29.8 Å². The number of anilines is 1. The van der Waals surface area contributed by atoms with E-state index in [1.54, 1.807) is 7.05 Å². The summed E-state index contributed by atoms with van der Waals surface area (Å²) in [5.41, 5.74) is 1.79. The van der Waals surface area contributed by atoms with Crippen LogP contribution in [0.15, 0.2) is 40.4 Å². The van der Waals surface area contributed by atoms with E-state index in [-0.39, 0.29) is 36.0 Å². The number of carbonyl (C=O) groups is 1. The van der Waals surface area contributed by atoms with Gasteiger partial charge in [0.1, 0.15) is 16.8 Å². The maximum absolute atomic E-state index is 12.8. The van der Waals surface area contributed by atoms with Gasteiger partial charge in [0.05, 0.1) is 25.2 Å². The number of amides is 1. The Morgan fingerprint density at radius 2 is 2.00 bits per heavy atom. The molecule has 0 saturated carbocycles. The van der Waals surface area contributed by atoms with Gasteiger partial charge >= 0.3 is 0 Å². The second-order valence-corrected chi connectivity index (χ2v) is 7.72. The summed E-state index contributed by atoms with van der Waals surface area (Å²) in [7, 11) is 1.56. The molecule has 1 aromatic carbocycles. The Labute approximate surface area is 170 Å². The van der Waals surface area contributed by atoms with Gasteiger partial charge in [0, 0.05) is 7.05 Å². The number of aryl methyl sites for hydroxylation is 1. The summed E-state index contributed by atoms with van der Waals surface area (Å²) in [5.74, 6) is 0.426. The molecule has 0 saturated heterocycles. The third kappa shape index (κ3) is 3.91. The number of hydrogen-bond acceptors (Lipinski definition) is 8. The smallest absolute Gasteiger partial charge is 0.278 e. The van der Waals surface area contributed by atoms with Crippen LogP contribution in [-0.4, -0.2) is 53.6 Å². The maximum Gasteiger partial charge on any atom is 0.278 e. The molecule has 2 aromatic heterocycles. The molecule has 0 spiro atoms. The van der Waals surface area contributed by atoms with Gasteiger partial charge in [0.15, 0.2) is 5.82 Å². The fourth-order valence-electron chi connectivity index (χ4n) is 2.94. The molecule has 3 heterocycles. The number of nitrogens with zero attached hydrogens (tertiary/aromatic N) is 7. The summed E-state index contributed by atoms with van der Waals surface area (Å²) in [4.78, 5) is 31.6. The van der Waals surface area contributed by atoms with Crippen molar-refractivity contribution in [3.05, 3.63) is 57.9 Å². The lowest BCUT2D eigenvalue weighted by Crippen LogP contribution is -2.38. The zero-order valence-electron chi connectivity index (χ0n) is 15.9. The van der Waals surface area contributed by atoms with E-state index in [4.69, 9.17) is 0 Å². The monoisotopic (exact) mass is 413 g/mol. The van der Waals surface area contributed by atoms with Crippen LogP contribution in [0.4, 0.5) is 5.69 Å². The quantitative estimate of drug-likeness (QED) is 0.597. The van der Waals surface area contributed by atoms with Gasteiger partial charge < -0.3 is 10.0 Å². The largest absolute Gasteiger partial charge is 0.386 e. The van der Waals surface area contributed by atoms with Crippen molar-refractivity contribution in [1.29, 1.82) is 0 Å². The third-order valence-corrected chi connectivity index (χ3v) is 5.59. The first-order valence-corrected chi connectivity index (χ1v) is 9.91. The molecule has 3 aromatic rings. The molecule has 1 N–H and O–H groups in total. The van der Waals surface area contributed by atoms with Gasteiger partial charge in [-0.25, -0.2) is 4.98 Å². The first kappa shape index (κ1) is 19.3. The van der Waals surface area contributed by atoms with Crippen molar-refractivity contribution in [2.75, 3.05) is 17.7 Å². The lowest BCUT2D eigenvalue weighted by Gasteiger charge is -2.23. The van der Waals surface area contributed by atoms with E-state index in [0.717, 1.165) is 11.1 Å². The van der Waals surface area contributed by atoms with Crippen LogP contribution < -0.4 is 10.5 Å². The van der Waals surface area contributed by atoms with E-state index in [1.165, 1.54) is 32.4 Å². The lowest BCUT2D eigenvalue weighted by molar-refractivity contribution is -0.116. The van der Waals surface area contributed by atoms with Gasteiger partial charge in [0.2, 0.25) is 5.91 Å². The van der Waals surface area contributed by atoms with Gasteiger partial charge in [-0.3, -0.25) is 14.2 Å². The van der Waals surface area contributed by atoms with Gasteiger partial charge in [-0.2, -0.15) is 4.80 Å². The summed E-state index contributed by atoms with van der Waals surface area (Å²) in [6.45, 7) is 2.18. The number of carbonyl (C=O) groups excluding carboxylic acids is 1. The highest BCUT2D eigenvalue weighted by Crippen LogP contribution is 2.29. The molecule has 1 amide bonds. The molecule has 0 aliphatic carbocycles. The molecule has 0 bridgehead atoms. The number of thioether (sulfide) groups is 1. The lowest BCUT2D eigenvalue weighted by atomic mass is 10.1. The van der Waals surface area contributed by atoms with E-state index in [0.29, 0.717) is 10.9 Å². The topological polar surface area (TPSA) is 119 Å². The summed E-state index contributed by atoms with van der Waals surface area (Å²) >= 11 is 1.25. The van der Waals surface area contributed by atoms with Crippen molar-refractivity contribution >= 4 is 23.4 Å². The van der Waals surface area contributed by atoms with E-state index < -0.39 is 6.10 Å². The highest BCUT2D eigenvalue weighted by Gasteiger charge is 2.26. The van der Waals surface area contributed by atoms with E-state index in [1.807, 2.05) is 31.2 Å². The molecular formula is C18H19N7O3S. The second-order valence-electron chi connectivity index (χ2n) is 6.76. The SMILES string of the molecule is Cc1ccc([C@@H](O)Cn2nnc(Cn3cnc4c(c3=O)N(C)C(=O)CS4)n2)cc1.